The zero-order chi connectivity index (χ0) is 21.1. The molecule has 4 atom stereocenters. The van der Waals surface area contributed by atoms with E-state index in [1.54, 1.807) is 12.0 Å². The van der Waals surface area contributed by atoms with Crippen molar-refractivity contribution in [2.45, 2.75) is 24.4 Å². The Bertz CT molecular complexity index is 1380. The molecule has 31 heavy (non-hydrogen) atoms. The second-order valence-corrected chi connectivity index (χ2v) is 7.61. The molecule has 4 heterocycles. The maximum atomic E-state index is 10.8. The van der Waals surface area contributed by atoms with Gasteiger partial charge in [-0.05, 0) is 12.1 Å². The van der Waals surface area contributed by atoms with Crippen molar-refractivity contribution in [1.82, 2.24) is 24.0 Å². The zero-order valence-corrected chi connectivity index (χ0v) is 16.3. The van der Waals surface area contributed by atoms with Crippen LogP contribution in [0.15, 0.2) is 61.2 Å². The summed E-state index contributed by atoms with van der Waals surface area (Å²) in [5, 5.41) is 23.7. The Labute approximate surface area is 177 Å². The van der Waals surface area contributed by atoms with Crippen LogP contribution in [0.1, 0.15) is 6.23 Å². The van der Waals surface area contributed by atoms with E-state index in [0.717, 1.165) is 21.8 Å². The molecule has 1 saturated heterocycles. The molecule has 5 aromatic rings. The van der Waals surface area contributed by atoms with Crippen LogP contribution in [-0.2, 0) is 4.74 Å². The van der Waals surface area contributed by atoms with E-state index in [4.69, 9.17) is 10.5 Å². The second kappa shape index (κ2) is 6.77. The molecule has 0 spiro atoms. The Morgan fingerprint density at radius 3 is 2.29 bits per heavy atom. The predicted octanol–water partition coefficient (Wildman–Crippen LogP) is 1.26. The highest BCUT2D eigenvalue weighted by Gasteiger charge is 2.45. The number of aromatic nitrogens is 5. The van der Waals surface area contributed by atoms with Crippen molar-refractivity contribution in [2.24, 2.45) is 0 Å². The molecule has 4 unspecified atom stereocenters. The van der Waals surface area contributed by atoms with Gasteiger partial charge in [0.2, 0.25) is 0 Å². The van der Waals surface area contributed by atoms with Crippen LogP contribution in [0.3, 0.4) is 0 Å². The van der Waals surface area contributed by atoms with Crippen LogP contribution in [0.25, 0.3) is 33.0 Å². The largest absolute Gasteiger partial charge is 0.388 e. The minimum absolute atomic E-state index is 0.241. The smallest absolute Gasteiger partial charge is 0.289 e. The maximum Gasteiger partial charge on any atom is 0.289 e. The summed E-state index contributed by atoms with van der Waals surface area (Å²) < 4.78 is 9.67. The van der Waals surface area contributed by atoms with E-state index in [0.29, 0.717) is 11.2 Å². The summed E-state index contributed by atoms with van der Waals surface area (Å²) in [5.41, 5.74) is 8.70. The molecular weight excluding hydrogens is 395 g/mol. The van der Waals surface area contributed by atoms with E-state index in [-0.39, 0.29) is 5.82 Å². The number of ether oxygens (including phenoxy) is 1. The summed E-state index contributed by atoms with van der Waals surface area (Å²) in [7, 11) is 1.81. The number of imidazole rings is 1. The number of hydrogen-bond donors (Lipinski definition) is 3. The molecule has 1 fully saturated rings. The molecule has 4 N–H and O–H groups in total. The number of nitrogens with two attached hydrogens (primary N) is 1. The summed E-state index contributed by atoms with van der Waals surface area (Å²) in [6, 6.07) is 15.3. The fourth-order valence-corrected chi connectivity index (χ4v) is 4.35. The Kier molecular flexibility index (Phi) is 4.00. The Morgan fingerprint density at radius 1 is 0.903 bits per heavy atom. The molecule has 6 rings (SSSR count). The summed E-state index contributed by atoms with van der Waals surface area (Å²) >= 11 is 0. The van der Waals surface area contributed by atoms with Gasteiger partial charge in [-0.1, -0.05) is 36.4 Å². The Morgan fingerprint density at radius 2 is 1.58 bits per heavy atom. The number of nitrogen functional groups attached to an aromatic ring is 1. The number of para-hydroxylation sites is 2. The SMILES string of the molecule is Nc1ncnc2c1ncn2C1OC([B]n2c3ccccc3c3ccccc32)C(O)C1O. The van der Waals surface area contributed by atoms with Crippen molar-refractivity contribution in [1.29, 1.82) is 0 Å². The number of nitrogens with zero attached hydrogens (tertiary/aromatic N) is 5. The quantitative estimate of drug-likeness (QED) is 0.381. The number of rotatable bonds is 3. The zero-order valence-electron chi connectivity index (χ0n) is 16.3. The first kappa shape index (κ1) is 18.3. The highest BCUT2D eigenvalue weighted by molar-refractivity contribution is 6.41. The van der Waals surface area contributed by atoms with E-state index in [1.807, 2.05) is 40.9 Å². The van der Waals surface area contributed by atoms with Crippen LogP contribution >= 0.6 is 0 Å². The topological polar surface area (TPSA) is 124 Å². The van der Waals surface area contributed by atoms with Gasteiger partial charge in [0, 0.05) is 21.8 Å². The van der Waals surface area contributed by atoms with Gasteiger partial charge in [-0.2, -0.15) is 0 Å². The molecule has 10 heteroatoms. The fraction of sp³-hybridized carbons (Fsp3) is 0.190. The third-order valence-electron chi connectivity index (χ3n) is 5.85. The highest BCUT2D eigenvalue weighted by atomic mass is 16.6. The van der Waals surface area contributed by atoms with Gasteiger partial charge in [0.15, 0.2) is 17.7 Å². The highest BCUT2D eigenvalue weighted by Crippen LogP contribution is 2.34. The number of fused-ring (bicyclic) bond motifs is 4. The minimum atomic E-state index is -1.18. The van der Waals surface area contributed by atoms with Gasteiger partial charge in [-0.15, -0.1) is 0 Å². The molecule has 0 saturated carbocycles. The number of benzene rings is 2. The average Bonchev–Trinajstić information content (AvgIpc) is 3.44. The van der Waals surface area contributed by atoms with Crippen LogP contribution in [0.5, 0.6) is 0 Å². The Balaban J connectivity index is 1.39. The van der Waals surface area contributed by atoms with Gasteiger partial charge >= 0.3 is 0 Å². The van der Waals surface area contributed by atoms with Crippen molar-refractivity contribution in [3.63, 3.8) is 0 Å². The van der Waals surface area contributed by atoms with E-state index in [2.05, 4.69) is 27.1 Å². The number of anilines is 1. The van der Waals surface area contributed by atoms with Crippen molar-refractivity contribution < 1.29 is 14.9 Å². The summed E-state index contributed by atoms with van der Waals surface area (Å²) in [6.45, 7) is 0. The Hall–Kier alpha value is -3.47. The van der Waals surface area contributed by atoms with Gasteiger partial charge in [-0.3, -0.25) is 4.57 Å². The summed E-state index contributed by atoms with van der Waals surface area (Å²) in [6.07, 6.45) is -0.373. The van der Waals surface area contributed by atoms with Crippen LogP contribution in [0, 0.1) is 0 Å². The third-order valence-corrected chi connectivity index (χ3v) is 5.85. The maximum absolute atomic E-state index is 10.8. The van der Waals surface area contributed by atoms with E-state index in [9.17, 15) is 10.2 Å². The molecule has 0 aliphatic carbocycles. The molecule has 1 aliphatic rings. The molecule has 153 valence electrons. The summed E-state index contributed by atoms with van der Waals surface area (Å²) in [5.74, 6) is 0.241. The van der Waals surface area contributed by atoms with Crippen LogP contribution in [0.4, 0.5) is 5.82 Å². The average molecular weight is 413 g/mol. The molecule has 1 aliphatic heterocycles. The first-order chi connectivity index (χ1) is 15.1. The van der Waals surface area contributed by atoms with Crippen molar-refractivity contribution >= 4 is 46.2 Å². The summed E-state index contributed by atoms with van der Waals surface area (Å²) in [4.78, 5) is 12.4. The predicted molar refractivity (Wildman–Crippen MR) is 116 cm³/mol. The van der Waals surface area contributed by atoms with E-state index < -0.39 is 24.4 Å². The molecule has 9 nitrogen and oxygen atoms in total. The van der Waals surface area contributed by atoms with Gasteiger partial charge in [0.1, 0.15) is 24.1 Å². The third kappa shape index (κ3) is 2.66. The van der Waals surface area contributed by atoms with E-state index in [1.165, 1.54) is 12.7 Å². The van der Waals surface area contributed by atoms with Crippen molar-refractivity contribution in [3.05, 3.63) is 61.2 Å². The molecule has 3 aromatic heterocycles. The van der Waals surface area contributed by atoms with Crippen LogP contribution in [0.2, 0.25) is 0 Å². The fourth-order valence-electron chi connectivity index (χ4n) is 4.35. The van der Waals surface area contributed by atoms with Crippen molar-refractivity contribution in [3.8, 4) is 0 Å². The van der Waals surface area contributed by atoms with Gasteiger partial charge in [0.05, 0.1) is 12.3 Å². The van der Waals surface area contributed by atoms with Gasteiger partial charge < -0.3 is 25.2 Å². The monoisotopic (exact) mass is 413 g/mol. The van der Waals surface area contributed by atoms with Crippen LogP contribution < -0.4 is 5.73 Å². The molecule has 1 radical (unpaired) electrons. The normalized spacial score (nSPS) is 23.8. The van der Waals surface area contributed by atoms with Gasteiger partial charge in [-0.25, -0.2) is 15.0 Å². The molecule has 0 amide bonds. The molecular formula is C21H18BN6O3. The standard InChI is InChI=1S/C21H18BN6O3/c23-19-15-20(25-9-24-19)27(10-26-15)21-17(30)16(29)18(31-21)22-28-13-7-3-1-5-11(13)12-6-2-4-8-14(12)28/h1-10,16-18,21,29-30H,(H2,23,24,25). The second-order valence-electron chi connectivity index (χ2n) is 7.61. The number of hydrogen-bond acceptors (Lipinski definition) is 7. The lowest BCUT2D eigenvalue weighted by Gasteiger charge is -2.16. The van der Waals surface area contributed by atoms with Gasteiger partial charge in [0.25, 0.3) is 7.41 Å². The van der Waals surface area contributed by atoms with Crippen molar-refractivity contribution in [2.75, 3.05) is 5.73 Å². The van der Waals surface area contributed by atoms with E-state index >= 15 is 0 Å². The number of aliphatic hydroxyl groups excluding tert-OH is 2. The molecule has 0 bridgehead atoms. The first-order valence-corrected chi connectivity index (χ1v) is 9.91. The lowest BCUT2D eigenvalue weighted by molar-refractivity contribution is -0.0206. The first-order valence-electron chi connectivity index (χ1n) is 9.91. The number of aliphatic hydroxyl groups is 2. The van der Waals surface area contributed by atoms with Crippen LogP contribution in [-0.4, -0.2) is 59.8 Å². The molecule has 2 aromatic carbocycles. The minimum Gasteiger partial charge on any atom is -0.388 e. The lowest BCUT2D eigenvalue weighted by Crippen LogP contribution is -2.37. The lowest BCUT2D eigenvalue weighted by atomic mass is 9.80.